The van der Waals surface area contributed by atoms with Crippen molar-refractivity contribution in [2.24, 2.45) is 5.16 Å². The smallest absolute Gasteiger partial charge is 0.135 e. The molecule has 0 N–H and O–H groups in total. The number of pyridine rings is 1. The average Bonchev–Trinajstić information content (AvgIpc) is 2.53. The zero-order valence-corrected chi connectivity index (χ0v) is 11.8. The van der Waals surface area contributed by atoms with Crippen LogP contribution in [0, 0.1) is 11.6 Å². The van der Waals surface area contributed by atoms with Crippen LogP contribution in [0.4, 0.5) is 8.78 Å². The fourth-order valence-electron chi connectivity index (χ4n) is 2.26. The Morgan fingerprint density at radius 2 is 1.77 bits per heavy atom. The zero-order chi connectivity index (χ0) is 15.5. The third-order valence-electron chi connectivity index (χ3n) is 3.25. The van der Waals surface area contributed by atoms with Crippen molar-refractivity contribution in [3.8, 4) is 0 Å². The van der Waals surface area contributed by atoms with Gasteiger partial charge >= 0.3 is 0 Å². The molecular weight excluding hydrogens is 286 g/mol. The van der Waals surface area contributed by atoms with Gasteiger partial charge in [-0.1, -0.05) is 29.4 Å². The SMILES string of the molecule is CON=C(c1cnc2ccccc2c1)c1c(F)cccc1F. The molecule has 0 unspecified atom stereocenters. The van der Waals surface area contributed by atoms with Gasteiger partial charge in [0.1, 0.15) is 24.5 Å². The van der Waals surface area contributed by atoms with Gasteiger partial charge in [-0.05, 0) is 24.3 Å². The second-order valence-electron chi connectivity index (χ2n) is 4.64. The molecule has 0 amide bonds. The Morgan fingerprint density at radius 1 is 1.05 bits per heavy atom. The molecule has 1 aromatic heterocycles. The van der Waals surface area contributed by atoms with E-state index >= 15 is 0 Å². The quantitative estimate of drug-likeness (QED) is 0.542. The zero-order valence-electron chi connectivity index (χ0n) is 11.8. The molecule has 3 aromatic rings. The van der Waals surface area contributed by atoms with Crippen molar-refractivity contribution in [2.75, 3.05) is 7.11 Å². The summed E-state index contributed by atoms with van der Waals surface area (Å²) in [7, 11) is 1.33. The van der Waals surface area contributed by atoms with Crippen LogP contribution in [0.15, 0.2) is 59.9 Å². The van der Waals surface area contributed by atoms with Gasteiger partial charge in [0.05, 0.1) is 11.1 Å². The van der Waals surface area contributed by atoms with E-state index in [9.17, 15) is 8.78 Å². The van der Waals surface area contributed by atoms with E-state index in [1.165, 1.54) is 31.5 Å². The van der Waals surface area contributed by atoms with Crippen LogP contribution in [0.5, 0.6) is 0 Å². The van der Waals surface area contributed by atoms with Gasteiger partial charge in [0.2, 0.25) is 0 Å². The van der Waals surface area contributed by atoms with E-state index in [0.717, 1.165) is 10.9 Å². The van der Waals surface area contributed by atoms with Gasteiger partial charge in [-0.3, -0.25) is 4.98 Å². The van der Waals surface area contributed by atoms with Gasteiger partial charge in [-0.2, -0.15) is 0 Å². The number of hydrogen-bond donors (Lipinski definition) is 0. The molecule has 0 saturated heterocycles. The second kappa shape index (κ2) is 5.89. The molecule has 22 heavy (non-hydrogen) atoms. The van der Waals surface area contributed by atoms with Crippen LogP contribution < -0.4 is 0 Å². The first-order valence-electron chi connectivity index (χ1n) is 6.61. The predicted octanol–water partition coefficient (Wildman–Crippen LogP) is 3.91. The van der Waals surface area contributed by atoms with Crippen molar-refractivity contribution < 1.29 is 13.6 Å². The number of fused-ring (bicyclic) bond motifs is 1. The lowest BCUT2D eigenvalue weighted by Gasteiger charge is -2.09. The fourth-order valence-corrected chi connectivity index (χ4v) is 2.26. The summed E-state index contributed by atoms with van der Waals surface area (Å²) in [6, 6.07) is 12.9. The van der Waals surface area contributed by atoms with Crippen LogP contribution in [0.2, 0.25) is 0 Å². The summed E-state index contributed by atoms with van der Waals surface area (Å²) in [4.78, 5) is 9.05. The Morgan fingerprint density at radius 3 is 2.50 bits per heavy atom. The largest absolute Gasteiger partial charge is 0.399 e. The van der Waals surface area contributed by atoms with Gasteiger partial charge in [-0.25, -0.2) is 8.78 Å². The predicted molar refractivity (Wildman–Crippen MR) is 80.7 cm³/mol. The van der Waals surface area contributed by atoms with Gasteiger partial charge in [0, 0.05) is 17.1 Å². The second-order valence-corrected chi connectivity index (χ2v) is 4.64. The van der Waals surface area contributed by atoms with E-state index < -0.39 is 11.6 Å². The Hall–Kier alpha value is -2.82. The summed E-state index contributed by atoms with van der Waals surface area (Å²) in [5, 5.41) is 4.64. The summed E-state index contributed by atoms with van der Waals surface area (Å²) >= 11 is 0. The number of para-hydroxylation sites is 1. The highest BCUT2D eigenvalue weighted by atomic mass is 19.1. The lowest BCUT2D eigenvalue weighted by molar-refractivity contribution is 0.213. The van der Waals surface area contributed by atoms with Gasteiger partial charge in [0.25, 0.3) is 0 Å². The van der Waals surface area contributed by atoms with Crippen molar-refractivity contribution in [1.29, 1.82) is 0 Å². The maximum absolute atomic E-state index is 14.0. The number of nitrogens with zero attached hydrogens (tertiary/aromatic N) is 2. The molecule has 0 radical (unpaired) electrons. The van der Waals surface area contributed by atoms with Crippen LogP contribution >= 0.6 is 0 Å². The molecule has 0 aliphatic heterocycles. The van der Waals surface area contributed by atoms with Crippen molar-refractivity contribution >= 4 is 16.6 Å². The molecule has 110 valence electrons. The van der Waals surface area contributed by atoms with Crippen LogP contribution in [0.3, 0.4) is 0 Å². The molecule has 0 aliphatic rings. The molecule has 3 nitrogen and oxygen atoms in total. The van der Waals surface area contributed by atoms with Gasteiger partial charge in [0.15, 0.2) is 0 Å². The van der Waals surface area contributed by atoms with Crippen LogP contribution in [0.1, 0.15) is 11.1 Å². The number of benzene rings is 2. The molecule has 0 aliphatic carbocycles. The lowest BCUT2D eigenvalue weighted by Crippen LogP contribution is -2.10. The van der Waals surface area contributed by atoms with E-state index in [-0.39, 0.29) is 11.3 Å². The summed E-state index contributed by atoms with van der Waals surface area (Å²) < 4.78 is 28.1. The number of rotatable bonds is 3. The molecule has 1 heterocycles. The van der Waals surface area contributed by atoms with Crippen molar-refractivity contribution in [3.05, 3.63) is 77.5 Å². The van der Waals surface area contributed by atoms with Gasteiger partial charge in [-0.15, -0.1) is 0 Å². The number of halogens is 2. The van der Waals surface area contributed by atoms with Crippen LogP contribution in [-0.4, -0.2) is 17.8 Å². The molecule has 0 bridgehead atoms. The molecule has 0 atom stereocenters. The molecular formula is C17H12F2N2O. The van der Waals surface area contributed by atoms with E-state index in [2.05, 4.69) is 10.1 Å². The highest BCUT2D eigenvalue weighted by Crippen LogP contribution is 2.20. The molecule has 0 spiro atoms. The topological polar surface area (TPSA) is 34.5 Å². The standard InChI is InChI=1S/C17H12F2N2O/c1-22-21-17(16-13(18)6-4-7-14(16)19)12-9-11-5-2-3-8-15(11)20-10-12/h2-10H,1H3. The van der Waals surface area contributed by atoms with Crippen LogP contribution in [0.25, 0.3) is 10.9 Å². The monoisotopic (exact) mass is 298 g/mol. The lowest BCUT2D eigenvalue weighted by atomic mass is 10.0. The van der Waals surface area contributed by atoms with E-state index in [1.807, 2.05) is 24.3 Å². The summed E-state index contributed by atoms with van der Waals surface area (Å²) in [5.41, 5.74) is 1.10. The normalized spacial score (nSPS) is 11.7. The van der Waals surface area contributed by atoms with E-state index in [4.69, 9.17) is 4.84 Å². The number of oxime groups is 1. The van der Waals surface area contributed by atoms with E-state index in [1.54, 1.807) is 6.07 Å². The number of hydrogen-bond acceptors (Lipinski definition) is 3. The first kappa shape index (κ1) is 14.1. The molecule has 2 aromatic carbocycles. The summed E-state index contributed by atoms with van der Waals surface area (Å²) in [6.07, 6.45) is 1.52. The first-order chi connectivity index (χ1) is 10.7. The first-order valence-corrected chi connectivity index (χ1v) is 6.61. The molecule has 0 fully saturated rings. The maximum Gasteiger partial charge on any atom is 0.135 e. The van der Waals surface area contributed by atoms with E-state index in [0.29, 0.717) is 5.56 Å². The molecule has 3 rings (SSSR count). The van der Waals surface area contributed by atoms with Crippen molar-refractivity contribution in [2.45, 2.75) is 0 Å². The molecule has 5 heteroatoms. The Labute approximate surface area is 125 Å². The fraction of sp³-hybridized carbons (Fsp3) is 0.0588. The van der Waals surface area contributed by atoms with Crippen LogP contribution in [-0.2, 0) is 4.84 Å². The third-order valence-corrected chi connectivity index (χ3v) is 3.25. The summed E-state index contributed by atoms with van der Waals surface area (Å²) in [5.74, 6) is -1.41. The third kappa shape index (κ3) is 2.53. The Kier molecular flexibility index (Phi) is 3.78. The molecule has 0 saturated carbocycles. The average molecular weight is 298 g/mol. The Balaban J connectivity index is 2.21. The van der Waals surface area contributed by atoms with Gasteiger partial charge < -0.3 is 4.84 Å². The van der Waals surface area contributed by atoms with Crippen molar-refractivity contribution in [1.82, 2.24) is 4.98 Å². The minimum atomic E-state index is -0.705. The Bertz CT molecular complexity index is 842. The highest BCUT2D eigenvalue weighted by molar-refractivity contribution is 6.13. The minimum Gasteiger partial charge on any atom is -0.399 e. The maximum atomic E-state index is 14.0. The minimum absolute atomic E-state index is 0.0661. The summed E-state index contributed by atoms with van der Waals surface area (Å²) in [6.45, 7) is 0. The van der Waals surface area contributed by atoms with Crippen molar-refractivity contribution in [3.63, 3.8) is 0 Å². The highest BCUT2D eigenvalue weighted by Gasteiger charge is 2.18. The number of aromatic nitrogens is 1.